The summed E-state index contributed by atoms with van der Waals surface area (Å²) in [5.41, 5.74) is 25.1. The van der Waals surface area contributed by atoms with E-state index in [0.29, 0.717) is 0 Å². The lowest BCUT2D eigenvalue weighted by Gasteiger charge is -2.44. The topological polar surface area (TPSA) is 0 Å². The highest BCUT2D eigenvalue weighted by Gasteiger charge is 2.45. The van der Waals surface area contributed by atoms with Crippen molar-refractivity contribution in [3.8, 4) is 33.4 Å². The molecule has 0 aliphatic heterocycles. The molecule has 5 aliphatic rings. The Kier molecular flexibility index (Phi) is 4.14. The molecule has 0 unspecified atom stereocenters. The zero-order valence-corrected chi connectivity index (χ0v) is 25.4. The summed E-state index contributed by atoms with van der Waals surface area (Å²) in [6, 6.07) is 24.9. The molecular weight excluding hydrogens is 504 g/mol. The van der Waals surface area contributed by atoms with Crippen molar-refractivity contribution in [2.75, 3.05) is 0 Å². The van der Waals surface area contributed by atoms with Crippen LogP contribution in [0.25, 0.3) is 49.7 Å². The van der Waals surface area contributed by atoms with E-state index in [4.69, 9.17) is 0 Å². The molecule has 0 saturated carbocycles. The fourth-order valence-corrected chi connectivity index (χ4v) is 9.86. The van der Waals surface area contributed by atoms with Crippen LogP contribution in [0.4, 0.5) is 0 Å². The van der Waals surface area contributed by atoms with Gasteiger partial charge < -0.3 is 0 Å². The van der Waals surface area contributed by atoms with Gasteiger partial charge in [0, 0.05) is 10.8 Å². The molecule has 0 aromatic heterocycles. The predicted molar refractivity (Wildman–Crippen MR) is 177 cm³/mol. The van der Waals surface area contributed by atoms with Crippen LogP contribution in [0.2, 0.25) is 0 Å². The van der Waals surface area contributed by atoms with Crippen LogP contribution in [-0.2, 0) is 36.5 Å². The molecule has 0 radical (unpaired) electrons. The van der Waals surface area contributed by atoms with Crippen LogP contribution in [0.15, 0.2) is 66.7 Å². The molecule has 0 amide bonds. The second kappa shape index (κ2) is 7.35. The first-order chi connectivity index (χ1) is 20.3. The molecule has 0 spiro atoms. The van der Waals surface area contributed by atoms with Crippen molar-refractivity contribution in [2.45, 2.75) is 77.6 Å². The van der Waals surface area contributed by atoms with Crippen molar-refractivity contribution >= 4 is 16.3 Å². The Bertz CT molecular complexity index is 2150. The summed E-state index contributed by atoms with van der Waals surface area (Å²) in [5, 5.41) is 3.05. The van der Waals surface area contributed by atoms with Gasteiger partial charge in [0.1, 0.15) is 0 Å². The SMILES string of the molecule is C/C=C1/c2cc3c(cc2-c2ccc4c(c21)CCC4)C(C)(C)c1cc2c(cc1C3(C)C)-c1ccc3c4c(ccc-2c14)CC3. The Labute approximate surface area is 249 Å². The van der Waals surface area contributed by atoms with E-state index >= 15 is 0 Å². The zero-order valence-electron chi connectivity index (χ0n) is 25.4. The second-order valence-electron chi connectivity index (χ2n) is 14.6. The van der Waals surface area contributed by atoms with Gasteiger partial charge in [-0.25, -0.2) is 0 Å². The maximum absolute atomic E-state index is 2.59. The molecule has 5 aromatic carbocycles. The van der Waals surface area contributed by atoms with E-state index in [-0.39, 0.29) is 10.8 Å². The summed E-state index contributed by atoms with van der Waals surface area (Å²) in [6.45, 7) is 12.1. The summed E-state index contributed by atoms with van der Waals surface area (Å²) in [4.78, 5) is 0. The van der Waals surface area contributed by atoms with Gasteiger partial charge in [-0.3, -0.25) is 0 Å². The molecule has 0 bridgehead atoms. The van der Waals surface area contributed by atoms with Crippen LogP contribution in [0.5, 0.6) is 0 Å². The van der Waals surface area contributed by atoms with Crippen LogP contribution in [0.3, 0.4) is 0 Å². The van der Waals surface area contributed by atoms with Crippen molar-refractivity contribution in [2.24, 2.45) is 0 Å². The zero-order chi connectivity index (χ0) is 28.3. The van der Waals surface area contributed by atoms with Gasteiger partial charge in [-0.05, 0) is 169 Å². The van der Waals surface area contributed by atoms with Crippen LogP contribution in [-0.4, -0.2) is 0 Å². The van der Waals surface area contributed by atoms with Gasteiger partial charge in [-0.2, -0.15) is 0 Å². The molecular formula is C42H36. The van der Waals surface area contributed by atoms with Crippen molar-refractivity contribution in [1.82, 2.24) is 0 Å². The third-order valence-electron chi connectivity index (χ3n) is 12.0. The molecule has 10 rings (SSSR count). The lowest BCUT2D eigenvalue weighted by atomic mass is 9.59. The van der Waals surface area contributed by atoms with Crippen LogP contribution >= 0.6 is 0 Å². The highest BCUT2D eigenvalue weighted by Crippen LogP contribution is 2.59. The fourth-order valence-electron chi connectivity index (χ4n) is 9.86. The average molecular weight is 541 g/mol. The minimum atomic E-state index is -0.0905. The van der Waals surface area contributed by atoms with Crippen molar-refractivity contribution in [1.29, 1.82) is 0 Å². The maximum atomic E-state index is 2.59. The van der Waals surface area contributed by atoms with Gasteiger partial charge in [0.05, 0.1) is 0 Å². The number of rotatable bonds is 0. The first-order valence-electron chi connectivity index (χ1n) is 16.1. The van der Waals surface area contributed by atoms with Crippen molar-refractivity contribution < 1.29 is 0 Å². The number of fused-ring (bicyclic) bond motifs is 10. The Balaban J connectivity index is 1.23. The monoisotopic (exact) mass is 540 g/mol. The molecule has 204 valence electrons. The van der Waals surface area contributed by atoms with E-state index in [0.717, 1.165) is 0 Å². The molecule has 0 atom stereocenters. The number of aryl methyl sites for hydroxylation is 3. The van der Waals surface area contributed by atoms with Crippen molar-refractivity contribution in [3.63, 3.8) is 0 Å². The van der Waals surface area contributed by atoms with E-state index in [1.807, 2.05) is 0 Å². The van der Waals surface area contributed by atoms with Crippen LogP contribution in [0, 0.1) is 0 Å². The molecule has 0 heterocycles. The van der Waals surface area contributed by atoms with Gasteiger partial charge in [-0.15, -0.1) is 0 Å². The Morgan fingerprint density at radius 3 is 1.57 bits per heavy atom. The van der Waals surface area contributed by atoms with Gasteiger partial charge >= 0.3 is 0 Å². The highest BCUT2D eigenvalue weighted by atomic mass is 14.5. The Morgan fingerprint density at radius 2 is 1.00 bits per heavy atom. The Morgan fingerprint density at radius 1 is 0.500 bits per heavy atom. The smallest absolute Gasteiger partial charge is 0.0153 e. The molecule has 0 nitrogen and oxygen atoms in total. The lowest BCUT2D eigenvalue weighted by molar-refractivity contribution is 0.521. The van der Waals surface area contributed by atoms with E-state index in [2.05, 4.69) is 101 Å². The van der Waals surface area contributed by atoms with Crippen LogP contribution in [0.1, 0.15) is 96.7 Å². The second-order valence-corrected chi connectivity index (χ2v) is 14.6. The number of hydrogen-bond donors (Lipinski definition) is 0. The largest absolute Gasteiger partial charge is 0.0791 e. The van der Waals surface area contributed by atoms with Gasteiger partial charge in [-0.1, -0.05) is 70.2 Å². The molecule has 0 N–H and O–H groups in total. The van der Waals surface area contributed by atoms with Gasteiger partial charge in [0.15, 0.2) is 0 Å². The summed E-state index contributed by atoms with van der Waals surface area (Å²) < 4.78 is 0. The lowest BCUT2D eigenvalue weighted by Crippen LogP contribution is -2.36. The summed E-state index contributed by atoms with van der Waals surface area (Å²) in [6.07, 6.45) is 8.48. The van der Waals surface area contributed by atoms with Gasteiger partial charge in [0.25, 0.3) is 0 Å². The van der Waals surface area contributed by atoms with E-state index in [1.54, 1.807) is 16.5 Å². The molecule has 42 heavy (non-hydrogen) atoms. The minimum absolute atomic E-state index is 0.0905. The predicted octanol–water partition coefficient (Wildman–Crippen LogP) is 10.5. The van der Waals surface area contributed by atoms with Crippen molar-refractivity contribution in [3.05, 3.63) is 122 Å². The highest BCUT2D eigenvalue weighted by molar-refractivity contribution is 6.17. The fraction of sp³-hybridized carbons (Fsp3) is 0.286. The standard InChI is InChI=1S/C42H36/c1-6-25-30-18-34-35(19-31(30)27-15-12-22-8-7-9-26(22)39(25)27)42(4,5)37-21-33-29-17-14-24-11-10-23-13-16-28(40(29)38(23)24)32(33)20-36(37)41(34,2)3/h6,12-21H,7-11H2,1-5H3/b25-6-. The molecule has 0 saturated heterocycles. The summed E-state index contributed by atoms with van der Waals surface area (Å²) in [7, 11) is 0. The number of hydrogen-bond acceptors (Lipinski definition) is 0. The summed E-state index contributed by atoms with van der Waals surface area (Å²) in [5.74, 6) is 0. The summed E-state index contributed by atoms with van der Waals surface area (Å²) >= 11 is 0. The van der Waals surface area contributed by atoms with E-state index in [1.165, 1.54) is 121 Å². The van der Waals surface area contributed by atoms with E-state index < -0.39 is 0 Å². The first kappa shape index (κ1) is 23.6. The molecule has 5 aromatic rings. The van der Waals surface area contributed by atoms with Crippen LogP contribution < -0.4 is 0 Å². The quantitative estimate of drug-likeness (QED) is 0.179. The third-order valence-corrected chi connectivity index (χ3v) is 12.0. The number of allylic oxidation sites excluding steroid dienone is 1. The molecule has 0 heteroatoms. The molecule has 5 aliphatic carbocycles. The number of benzene rings is 5. The third kappa shape index (κ3) is 2.55. The maximum Gasteiger partial charge on any atom is 0.0153 e. The minimum Gasteiger partial charge on any atom is -0.0791 e. The van der Waals surface area contributed by atoms with E-state index in [9.17, 15) is 0 Å². The first-order valence-corrected chi connectivity index (χ1v) is 16.1. The average Bonchev–Trinajstić information content (AvgIpc) is 3.76. The van der Waals surface area contributed by atoms with Gasteiger partial charge in [0.2, 0.25) is 0 Å². The molecule has 0 fully saturated rings. The normalized spacial score (nSPS) is 19.5. The Hall–Kier alpha value is -3.90.